The number of fused-ring (bicyclic) bond motifs is 1. The van der Waals surface area contributed by atoms with Crippen molar-refractivity contribution in [3.8, 4) is 10.4 Å². The third kappa shape index (κ3) is 4.33. The number of benzene rings is 2. The highest BCUT2D eigenvalue weighted by atomic mass is 32.1. The fourth-order valence-electron chi connectivity index (χ4n) is 4.48. The molecule has 1 N–H and O–H groups in total. The molecule has 1 fully saturated rings. The Bertz CT molecular complexity index is 1350. The molecule has 174 valence electrons. The molecule has 0 unspecified atom stereocenters. The fraction of sp³-hybridized carbons (Fsp3) is 0.269. The minimum atomic E-state index is -0.323. The van der Waals surface area contributed by atoms with Gasteiger partial charge in [0.1, 0.15) is 17.1 Å². The van der Waals surface area contributed by atoms with Gasteiger partial charge in [-0.15, -0.1) is 11.3 Å². The quantitative estimate of drug-likeness (QED) is 0.414. The monoisotopic (exact) mass is 479 g/mol. The van der Waals surface area contributed by atoms with E-state index >= 15 is 0 Å². The predicted octanol–water partition coefficient (Wildman–Crippen LogP) is 5.43. The van der Waals surface area contributed by atoms with E-state index in [2.05, 4.69) is 10.3 Å². The van der Waals surface area contributed by atoms with Crippen LogP contribution in [0.25, 0.3) is 21.4 Å². The van der Waals surface area contributed by atoms with E-state index in [1.807, 2.05) is 17.9 Å². The molecule has 1 saturated heterocycles. The number of aryl methyl sites for hydroxylation is 1. The van der Waals surface area contributed by atoms with E-state index in [1.165, 1.54) is 23.5 Å². The van der Waals surface area contributed by atoms with E-state index in [0.717, 1.165) is 40.1 Å². The summed E-state index contributed by atoms with van der Waals surface area (Å²) in [6.45, 7) is 2.82. The Labute approximate surface area is 200 Å². The van der Waals surface area contributed by atoms with Crippen LogP contribution in [0.2, 0.25) is 0 Å². The summed E-state index contributed by atoms with van der Waals surface area (Å²) in [7, 11) is 0. The molecule has 34 heavy (non-hydrogen) atoms. The Hall–Kier alpha value is -3.52. The average molecular weight is 480 g/mol. The molecule has 4 aromatic rings. The number of rotatable bonds is 5. The number of furan rings is 1. The van der Waals surface area contributed by atoms with Crippen LogP contribution in [-0.4, -0.2) is 40.8 Å². The topological polar surface area (TPSA) is 75.4 Å². The van der Waals surface area contributed by atoms with Crippen molar-refractivity contribution < 1.29 is 18.4 Å². The molecular weight excluding hydrogens is 455 g/mol. The summed E-state index contributed by atoms with van der Waals surface area (Å²) in [5, 5.41) is 4.55. The molecule has 1 aliphatic rings. The number of hydrogen-bond acceptors (Lipinski definition) is 5. The van der Waals surface area contributed by atoms with Crippen molar-refractivity contribution in [2.45, 2.75) is 32.2 Å². The normalized spacial score (nSPS) is 16.1. The molecule has 0 radical (unpaired) electrons. The van der Waals surface area contributed by atoms with Gasteiger partial charge in [-0.25, -0.2) is 9.37 Å². The molecule has 1 atom stereocenters. The van der Waals surface area contributed by atoms with Gasteiger partial charge in [0.15, 0.2) is 0 Å². The number of carbonyl (C=O) groups is 2. The smallest absolute Gasteiger partial charge is 0.274 e. The Morgan fingerprint density at radius 2 is 2.03 bits per heavy atom. The van der Waals surface area contributed by atoms with Crippen LogP contribution >= 0.6 is 11.3 Å². The van der Waals surface area contributed by atoms with E-state index in [-0.39, 0.29) is 23.7 Å². The third-order valence-corrected chi connectivity index (χ3v) is 7.19. The highest BCUT2D eigenvalue weighted by Gasteiger charge is 2.31. The van der Waals surface area contributed by atoms with E-state index in [4.69, 9.17) is 4.42 Å². The molecule has 0 bridgehead atoms. The molecule has 6 nitrogen and oxygen atoms in total. The molecule has 2 amide bonds. The van der Waals surface area contributed by atoms with Gasteiger partial charge in [-0.05, 0) is 62.1 Å². The zero-order chi connectivity index (χ0) is 23.7. The number of aromatic nitrogens is 1. The second kappa shape index (κ2) is 9.38. The van der Waals surface area contributed by atoms with E-state index in [1.54, 1.807) is 36.6 Å². The number of piperidine rings is 1. The van der Waals surface area contributed by atoms with Crippen LogP contribution in [0.5, 0.6) is 0 Å². The van der Waals surface area contributed by atoms with E-state index in [9.17, 15) is 14.0 Å². The van der Waals surface area contributed by atoms with Crippen molar-refractivity contribution in [1.82, 2.24) is 15.2 Å². The van der Waals surface area contributed by atoms with Gasteiger partial charge in [-0.3, -0.25) is 9.59 Å². The Kier molecular flexibility index (Phi) is 6.15. The predicted molar refractivity (Wildman–Crippen MR) is 129 cm³/mol. The lowest BCUT2D eigenvalue weighted by atomic mass is 10.0. The molecular formula is C26H24FN3O3S. The largest absolute Gasteiger partial charge is 0.464 e. The minimum absolute atomic E-state index is 0.128. The SMILES string of the molecule is C[14c]1nc(C(=O)N2CCCC[C@H]2CNC(=O)c2cccc3occc23)c(-c2ccc(F)cc2)s1. The summed E-state index contributed by atoms with van der Waals surface area (Å²) in [6.07, 6.45) is 4.26. The maximum absolute atomic E-state index is 13.6. The maximum Gasteiger partial charge on any atom is 0.274 e. The Morgan fingerprint density at radius 1 is 1.21 bits per heavy atom. The summed E-state index contributed by atoms with van der Waals surface area (Å²) in [5.74, 6) is -0.670. The van der Waals surface area contributed by atoms with Crippen LogP contribution < -0.4 is 5.32 Å². The standard InChI is InChI=1S/C26H24FN3O3S/c1-16-29-23(24(34-16)17-8-10-18(27)11-9-17)26(32)30-13-3-2-5-19(30)15-28-25(31)21-6-4-7-22-20(21)12-14-33-22/h4,6-12,14,19H,2-3,5,13,15H2,1H3,(H,28,31)/t19-/m0/s1/i16+2. The first-order valence-electron chi connectivity index (χ1n) is 11.3. The highest BCUT2D eigenvalue weighted by molar-refractivity contribution is 7.15. The van der Waals surface area contributed by atoms with Crippen molar-refractivity contribution in [3.63, 3.8) is 0 Å². The van der Waals surface area contributed by atoms with Crippen LogP contribution in [0.15, 0.2) is 59.2 Å². The molecule has 3 heterocycles. The van der Waals surface area contributed by atoms with Crippen LogP contribution in [0, 0.1) is 12.7 Å². The van der Waals surface area contributed by atoms with Crippen molar-refractivity contribution in [1.29, 1.82) is 0 Å². The molecule has 2 aromatic carbocycles. The van der Waals surface area contributed by atoms with Crippen molar-refractivity contribution in [3.05, 3.63) is 76.9 Å². The van der Waals surface area contributed by atoms with Crippen LogP contribution in [0.4, 0.5) is 4.39 Å². The number of thiazole rings is 1. The number of likely N-dealkylation sites (tertiary alicyclic amines) is 1. The summed E-state index contributed by atoms with van der Waals surface area (Å²) < 4.78 is 18.8. The minimum Gasteiger partial charge on any atom is -0.464 e. The summed E-state index contributed by atoms with van der Waals surface area (Å²) in [6, 6.07) is 13.1. The third-order valence-electron chi connectivity index (χ3n) is 6.17. The van der Waals surface area contributed by atoms with Crippen molar-refractivity contribution in [2.75, 3.05) is 13.1 Å². The molecule has 1 aliphatic heterocycles. The molecule has 8 heteroatoms. The van der Waals surface area contributed by atoms with Gasteiger partial charge >= 0.3 is 0 Å². The van der Waals surface area contributed by atoms with Crippen LogP contribution in [-0.2, 0) is 0 Å². The Balaban J connectivity index is 1.35. The highest BCUT2D eigenvalue weighted by Crippen LogP contribution is 2.32. The zero-order valence-corrected chi connectivity index (χ0v) is 19.5. The first kappa shape index (κ1) is 22.3. The van der Waals surface area contributed by atoms with E-state index < -0.39 is 0 Å². The number of amides is 2. The van der Waals surface area contributed by atoms with Gasteiger partial charge in [0.2, 0.25) is 0 Å². The van der Waals surface area contributed by atoms with Gasteiger partial charge in [-0.1, -0.05) is 18.2 Å². The molecule has 0 spiro atoms. The van der Waals surface area contributed by atoms with Crippen molar-refractivity contribution in [2.24, 2.45) is 0 Å². The van der Waals surface area contributed by atoms with Gasteiger partial charge in [0.05, 0.1) is 21.7 Å². The lowest BCUT2D eigenvalue weighted by Gasteiger charge is -2.35. The zero-order valence-electron chi connectivity index (χ0n) is 18.7. The van der Waals surface area contributed by atoms with Gasteiger partial charge in [-0.2, -0.15) is 0 Å². The number of carbonyl (C=O) groups excluding carboxylic acids is 2. The maximum atomic E-state index is 13.6. The van der Waals surface area contributed by atoms with Crippen LogP contribution in [0.1, 0.15) is 45.1 Å². The molecule has 2 aromatic heterocycles. The molecule has 0 aliphatic carbocycles. The summed E-state index contributed by atoms with van der Waals surface area (Å²) >= 11 is 1.42. The van der Waals surface area contributed by atoms with Gasteiger partial charge in [0, 0.05) is 24.5 Å². The number of nitrogens with one attached hydrogen (secondary N) is 1. The number of nitrogens with zero attached hydrogens (tertiary/aromatic N) is 2. The lowest BCUT2D eigenvalue weighted by molar-refractivity contribution is 0.0598. The summed E-state index contributed by atoms with van der Waals surface area (Å²) in [5.41, 5.74) is 2.36. The summed E-state index contributed by atoms with van der Waals surface area (Å²) in [4.78, 5) is 33.6. The first-order valence-corrected chi connectivity index (χ1v) is 12.1. The number of halogens is 1. The van der Waals surface area contributed by atoms with Gasteiger partial charge < -0.3 is 14.6 Å². The molecule has 5 rings (SSSR count). The molecule has 0 saturated carbocycles. The Morgan fingerprint density at radius 3 is 2.85 bits per heavy atom. The second-order valence-corrected chi connectivity index (χ2v) is 9.62. The lowest BCUT2D eigenvalue weighted by Crippen LogP contribution is -2.49. The van der Waals surface area contributed by atoms with E-state index in [0.29, 0.717) is 29.9 Å². The van der Waals surface area contributed by atoms with Crippen LogP contribution in [0.3, 0.4) is 0 Å². The average Bonchev–Trinajstić information content (AvgIpc) is 3.49. The van der Waals surface area contributed by atoms with Crippen molar-refractivity contribution >= 4 is 34.1 Å². The fourth-order valence-corrected chi connectivity index (χ4v) is 5.40. The number of hydrogen-bond donors (Lipinski definition) is 1. The first-order chi connectivity index (χ1) is 16.5. The second-order valence-electron chi connectivity index (χ2n) is 8.41. The van der Waals surface area contributed by atoms with Gasteiger partial charge in [0.25, 0.3) is 11.8 Å².